The van der Waals surface area contributed by atoms with Gasteiger partial charge in [-0.05, 0) is 55.2 Å². The number of hydrogen-bond donors (Lipinski definition) is 1. The Labute approximate surface area is 164 Å². The summed E-state index contributed by atoms with van der Waals surface area (Å²) in [5, 5.41) is 5.15. The molecule has 0 radical (unpaired) electrons. The van der Waals surface area contributed by atoms with Crippen molar-refractivity contribution in [2.24, 2.45) is 11.8 Å². The zero-order chi connectivity index (χ0) is 18.4. The first kappa shape index (κ1) is 17.1. The molecule has 0 spiro atoms. The van der Waals surface area contributed by atoms with Crippen LogP contribution in [0.1, 0.15) is 50.0 Å². The van der Waals surface area contributed by atoms with E-state index >= 15 is 0 Å². The Morgan fingerprint density at radius 3 is 2.89 bits per heavy atom. The lowest BCUT2D eigenvalue weighted by atomic mass is 9.78. The number of nitrogens with one attached hydrogen (secondary N) is 1. The maximum Gasteiger partial charge on any atom is 0.164 e. The highest BCUT2D eigenvalue weighted by atomic mass is 32.1. The van der Waals surface area contributed by atoms with Gasteiger partial charge < -0.3 is 5.32 Å². The minimum Gasteiger partial charge on any atom is -0.366 e. The van der Waals surface area contributed by atoms with Crippen LogP contribution in [0, 0.1) is 11.8 Å². The summed E-state index contributed by atoms with van der Waals surface area (Å²) in [4.78, 5) is 16.8. The Morgan fingerprint density at radius 2 is 2.04 bits per heavy atom. The van der Waals surface area contributed by atoms with E-state index in [1.165, 1.54) is 47.9 Å². The summed E-state index contributed by atoms with van der Waals surface area (Å²) in [6.07, 6.45) is 11.1. The molecule has 3 heterocycles. The number of rotatable bonds is 3. The van der Waals surface area contributed by atoms with Gasteiger partial charge in [0.1, 0.15) is 10.6 Å². The largest absolute Gasteiger partial charge is 0.366 e. The van der Waals surface area contributed by atoms with Crippen molar-refractivity contribution in [3.05, 3.63) is 35.0 Å². The first-order valence-electron chi connectivity index (χ1n) is 10.2. The van der Waals surface area contributed by atoms with Gasteiger partial charge in [-0.1, -0.05) is 26.7 Å². The van der Waals surface area contributed by atoms with Crippen molar-refractivity contribution in [2.75, 3.05) is 5.32 Å². The molecule has 0 unspecified atom stereocenters. The molecule has 5 heteroatoms. The van der Waals surface area contributed by atoms with Crippen LogP contribution < -0.4 is 5.32 Å². The molecule has 0 aliphatic heterocycles. The average molecular weight is 379 g/mol. The molecule has 2 aliphatic rings. The van der Waals surface area contributed by atoms with Crippen molar-refractivity contribution < 1.29 is 0 Å². The van der Waals surface area contributed by atoms with Crippen molar-refractivity contribution in [1.82, 2.24) is 15.0 Å². The molecular formula is C22H26N4S. The Bertz CT molecular complexity index is 965. The van der Waals surface area contributed by atoms with E-state index in [9.17, 15) is 0 Å². The minimum atomic E-state index is 0.491. The lowest BCUT2D eigenvalue weighted by molar-refractivity contribution is 0.253. The van der Waals surface area contributed by atoms with Crippen LogP contribution in [0.5, 0.6) is 0 Å². The van der Waals surface area contributed by atoms with Gasteiger partial charge in [-0.2, -0.15) is 0 Å². The van der Waals surface area contributed by atoms with Gasteiger partial charge in [-0.25, -0.2) is 9.97 Å². The minimum absolute atomic E-state index is 0.491. The third-order valence-corrected chi connectivity index (χ3v) is 7.70. The molecule has 0 bridgehead atoms. The molecule has 1 fully saturated rings. The van der Waals surface area contributed by atoms with Crippen LogP contribution in [-0.2, 0) is 12.8 Å². The third kappa shape index (κ3) is 3.02. The number of nitrogens with zero attached hydrogens (tertiary/aromatic N) is 3. The fraction of sp³-hybridized carbons (Fsp3) is 0.500. The van der Waals surface area contributed by atoms with E-state index in [0.29, 0.717) is 12.0 Å². The molecule has 1 N–H and O–H groups in total. The Morgan fingerprint density at radius 1 is 1.11 bits per heavy atom. The van der Waals surface area contributed by atoms with Gasteiger partial charge in [0.05, 0.1) is 5.39 Å². The second-order valence-corrected chi connectivity index (χ2v) is 9.28. The van der Waals surface area contributed by atoms with E-state index in [1.54, 1.807) is 6.20 Å². The number of anilines is 1. The van der Waals surface area contributed by atoms with Crippen molar-refractivity contribution in [3.8, 4) is 11.4 Å². The molecule has 0 aromatic carbocycles. The molecule has 0 saturated heterocycles. The number of pyridine rings is 1. The summed E-state index contributed by atoms with van der Waals surface area (Å²) >= 11 is 1.86. The molecule has 0 amide bonds. The summed E-state index contributed by atoms with van der Waals surface area (Å²) in [7, 11) is 0. The summed E-state index contributed by atoms with van der Waals surface area (Å²) in [6, 6.07) is 4.49. The van der Waals surface area contributed by atoms with Gasteiger partial charge in [0.2, 0.25) is 0 Å². The Kier molecular flexibility index (Phi) is 4.35. The van der Waals surface area contributed by atoms with Gasteiger partial charge in [-0.3, -0.25) is 4.98 Å². The molecule has 1 saturated carbocycles. The van der Waals surface area contributed by atoms with Gasteiger partial charge in [0, 0.05) is 28.9 Å². The standard InChI is InChI=1S/C22H26N4S/c1-13-6-3-9-17(14(13)2)24-21-19-16-8-4-10-18(16)27-22(19)26-20(25-21)15-7-5-11-23-12-15/h5,7,11-14,17H,3-4,6,8-10H2,1-2H3,(H,24,25,26)/t13-,14-,17-/m1/s1. The zero-order valence-electron chi connectivity index (χ0n) is 16.0. The van der Waals surface area contributed by atoms with Crippen LogP contribution in [0.15, 0.2) is 24.5 Å². The topological polar surface area (TPSA) is 50.7 Å². The van der Waals surface area contributed by atoms with Crippen LogP contribution in [0.4, 0.5) is 5.82 Å². The van der Waals surface area contributed by atoms with Crippen molar-refractivity contribution in [2.45, 2.75) is 58.4 Å². The number of aromatic nitrogens is 3. The maximum atomic E-state index is 5.02. The SMILES string of the molecule is C[C@@H]1[C@H](C)CCC[C@H]1Nc1nc(-c2cccnc2)nc2sc3c(c12)CCC3. The predicted molar refractivity (Wildman–Crippen MR) is 112 cm³/mol. The maximum absolute atomic E-state index is 5.02. The lowest BCUT2D eigenvalue weighted by Gasteiger charge is -2.35. The normalized spacial score (nSPS) is 24.9. The second kappa shape index (κ2) is 6.86. The Balaban J connectivity index is 1.62. The van der Waals surface area contributed by atoms with Gasteiger partial charge >= 0.3 is 0 Å². The van der Waals surface area contributed by atoms with Crippen LogP contribution in [0.25, 0.3) is 21.6 Å². The van der Waals surface area contributed by atoms with Crippen molar-refractivity contribution in [1.29, 1.82) is 0 Å². The van der Waals surface area contributed by atoms with Crippen LogP contribution in [0.3, 0.4) is 0 Å². The fourth-order valence-corrected chi connectivity index (χ4v) is 5.95. The van der Waals surface area contributed by atoms with Gasteiger partial charge in [0.25, 0.3) is 0 Å². The molecule has 27 heavy (non-hydrogen) atoms. The highest BCUT2D eigenvalue weighted by Crippen LogP contribution is 2.41. The summed E-state index contributed by atoms with van der Waals surface area (Å²) in [5.41, 5.74) is 2.48. The van der Waals surface area contributed by atoms with E-state index in [-0.39, 0.29) is 0 Å². The van der Waals surface area contributed by atoms with E-state index in [2.05, 4.69) is 24.1 Å². The predicted octanol–water partition coefficient (Wildman–Crippen LogP) is 5.48. The van der Waals surface area contributed by atoms with E-state index in [0.717, 1.165) is 34.4 Å². The molecule has 4 nitrogen and oxygen atoms in total. The third-order valence-electron chi connectivity index (χ3n) is 6.51. The molecule has 3 aromatic rings. The van der Waals surface area contributed by atoms with E-state index < -0.39 is 0 Å². The number of aryl methyl sites for hydroxylation is 2. The lowest BCUT2D eigenvalue weighted by Crippen LogP contribution is -2.35. The fourth-order valence-electron chi connectivity index (χ4n) is 4.69. The van der Waals surface area contributed by atoms with Gasteiger partial charge in [0.15, 0.2) is 5.82 Å². The molecule has 3 atom stereocenters. The number of hydrogen-bond acceptors (Lipinski definition) is 5. The quantitative estimate of drug-likeness (QED) is 0.656. The highest BCUT2D eigenvalue weighted by molar-refractivity contribution is 7.19. The number of fused-ring (bicyclic) bond motifs is 3. The molecular weight excluding hydrogens is 352 g/mol. The molecule has 5 rings (SSSR count). The van der Waals surface area contributed by atoms with E-state index in [1.807, 2.05) is 29.7 Å². The molecule has 3 aromatic heterocycles. The summed E-state index contributed by atoms with van der Waals surface area (Å²) < 4.78 is 0. The summed E-state index contributed by atoms with van der Waals surface area (Å²) in [6.45, 7) is 4.78. The Hall–Kier alpha value is -2.01. The first-order valence-corrected chi connectivity index (χ1v) is 11.0. The number of thiophene rings is 1. The van der Waals surface area contributed by atoms with Crippen LogP contribution >= 0.6 is 11.3 Å². The molecule has 140 valence electrons. The van der Waals surface area contributed by atoms with Crippen LogP contribution in [0.2, 0.25) is 0 Å². The smallest absolute Gasteiger partial charge is 0.164 e. The monoisotopic (exact) mass is 378 g/mol. The van der Waals surface area contributed by atoms with Crippen molar-refractivity contribution >= 4 is 27.4 Å². The van der Waals surface area contributed by atoms with Crippen LogP contribution in [-0.4, -0.2) is 21.0 Å². The highest BCUT2D eigenvalue weighted by Gasteiger charge is 2.29. The first-order chi connectivity index (χ1) is 13.2. The summed E-state index contributed by atoms with van der Waals surface area (Å²) in [5.74, 6) is 3.26. The van der Waals surface area contributed by atoms with Crippen molar-refractivity contribution in [3.63, 3.8) is 0 Å². The zero-order valence-corrected chi connectivity index (χ0v) is 16.9. The van der Waals surface area contributed by atoms with Gasteiger partial charge in [-0.15, -0.1) is 11.3 Å². The van der Waals surface area contributed by atoms with E-state index in [4.69, 9.17) is 9.97 Å². The average Bonchev–Trinajstić information content (AvgIpc) is 3.27. The molecule has 2 aliphatic carbocycles. The second-order valence-electron chi connectivity index (χ2n) is 8.19.